The standard InChI is InChI=1S/C12H17F3N2O4S/c1-6(16-9(18)7(5-22)12(13,14)15)10(19)17-4-2-3-8(17)11(20)21/h6-8,22H,2-5H2,1H3,(H,16,18)(H,20,21)/t6-,7?,8+/m0/s1. The Bertz CT molecular complexity index is 458. The van der Waals surface area contributed by atoms with Crippen LogP contribution in [-0.4, -0.2) is 58.3 Å². The first kappa shape index (κ1) is 18.6. The summed E-state index contributed by atoms with van der Waals surface area (Å²) in [5, 5.41) is 11.0. The number of nitrogens with one attached hydrogen (secondary N) is 1. The van der Waals surface area contributed by atoms with Crippen molar-refractivity contribution in [1.29, 1.82) is 0 Å². The van der Waals surface area contributed by atoms with Crippen molar-refractivity contribution in [2.45, 2.75) is 38.0 Å². The van der Waals surface area contributed by atoms with Crippen LogP contribution in [0.3, 0.4) is 0 Å². The van der Waals surface area contributed by atoms with E-state index in [4.69, 9.17) is 5.11 Å². The molecule has 0 saturated carbocycles. The number of carbonyl (C=O) groups is 3. The molecule has 0 aromatic carbocycles. The van der Waals surface area contributed by atoms with Crippen molar-refractivity contribution in [3.8, 4) is 0 Å². The Labute approximate surface area is 130 Å². The molecule has 1 unspecified atom stereocenters. The topological polar surface area (TPSA) is 86.7 Å². The fourth-order valence-corrected chi connectivity index (χ4v) is 2.62. The molecule has 0 aromatic heterocycles. The lowest BCUT2D eigenvalue weighted by molar-refractivity contribution is -0.178. The predicted octanol–water partition coefficient (Wildman–Crippen LogP) is 0.675. The van der Waals surface area contributed by atoms with Crippen molar-refractivity contribution < 1.29 is 32.7 Å². The van der Waals surface area contributed by atoms with E-state index in [0.717, 1.165) is 4.90 Å². The number of rotatable bonds is 5. The van der Waals surface area contributed by atoms with Gasteiger partial charge >= 0.3 is 12.1 Å². The van der Waals surface area contributed by atoms with Crippen LogP contribution in [-0.2, 0) is 14.4 Å². The molecule has 0 aliphatic carbocycles. The summed E-state index contributed by atoms with van der Waals surface area (Å²) in [7, 11) is 0. The molecule has 1 heterocycles. The number of carbonyl (C=O) groups excluding carboxylic acids is 2. The third kappa shape index (κ3) is 4.28. The lowest BCUT2D eigenvalue weighted by Crippen LogP contribution is -2.52. The maximum Gasteiger partial charge on any atom is 0.401 e. The monoisotopic (exact) mass is 342 g/mol. The SMILES string of the molecule is C[C@H](NC(=O)C(CS)C(F)(F)F)C(=O)N1CCC[C@@H]1C(=O)O. The zero-order valence-corrected chi connectivity index (χ0v) is 12.7. The minimum atomic E-state index is -4.76. The van der Waals surface area contributed by atoms with E-state index < -0.39 is 47.7 Å². The number of likely N-dealkylation sites (tertiary alicyclic amines) is 1. The Morgan fingerprint density at radius 3 is 2.45 bits per heavy atom. The highest BCUT2D eigenvalue weighted by atomic mass is 32.1. The average Bonchev–Trinajstić information content (AvgIpc) is 2.85. The van der Waals surface area contributed by atoms with Crippen molar-refractivity contribution in [2.24, 2.45) is 5.92 Å². The number of thiol groups is 1. The van der Waals surface area contributed by atoms with Gasteiger partial charge in [-0.1, -0.05) is 0 Å². The lowest BCUT2D eigenvalue weighted by atomic mass is 10.1. The smallest absolute Gasteiger partial charge is 0.401 e. The van der Waals surface area contributed by atoms with Crippen LogP contribution < -0.4 is 5.32 Å². The maximum absolute atomic E-state index is 12.6. The van der Waals surface area contributed by atoms with Crippen molar-refractivity contribution in [3.63, 3.8) is 0 Å². The normalized spacial score (nSPS) is 21.3. The highest BCUT2D eigenvalue weighted by Gasteiger charge is 2.45. The number of carboxylic acids is 1. The van der Waals surface area contributed by atoms with Crippen LogP contribution in [0.15, 0.2) is 0 Å². The fraction of sp³-hybridized carbons (Fsp3) is 0.750. The Kier molecular flexibility index (Phi) is 6.09. The van der Waals surface area contributed by atoms with Gasteiger partial charge in [0.05, 0.1) is 0 Å². The third-order valence-corrected chi connectivity index (χ3v) is 3.81. The molecule has 0 aromatic rings. The van der Waals surface area contributed by atoms with Gasteiger partial charge in [-0.05, 0) is 19.8 Å². The summed E-state index contributed by atoms with van der Waals surface area (Å²) in [6.07, 6.45) is -3.99. The maximum atomic E-state index is 12.6. The summed E-state index contributed by atoms with van der Waals surface area (Å²) >= 11 is 3.50. The molecule has 2 N–H and O–H groups in total. The Morgan fingerprint density at radius 1 is 1.41 bits per heavy atom. The van der Waals surface area contributed by atoms with E-state index in [1.165, 1.54) is 6.92 Å². The Balaban J connectivity index is 2.72. The molecule has 3 atom stereocenters. The molecule has 0 radical (unpaired) electrons. The summed E-state index contributed by atoms with van der Waals surface area (Å²) in [4.78, 5) is 35.8. The zero-order chi connectivity index (χ0) is 17.1. The minimum absolute atomic E-state index is 0.200. The number of halogens is 3. The van der Waals surface area contributed by atoms with E-state index in [1.54, 1.807) is 0 Å². The van der Waals surface area contributed by atoms with E-state index >= 15 is 0 Å². The largest absolute Gasteiger partial charge is 0.480 e. The third-order valence-electron chi connectivity index (χ3n) is 3.44. The number of nitrogens with zero attached hydrogens (tertiary/aromatic N) is 1. The first-order valence-corrected chi connectivity index (χ1v) is 7.24. The summed E-state index contributed by atoms with van der Waals surface area (Å²) in [6.45, 7) is 1.43. The lowest BCUT2D eigenvalue weighted by Gasteiger charge is -2.26. The molecule has 0 bridgehead atoms. The van der Waals surface area contributed by atoms with Gasteiger partial charge in [0.25, 0.3) is 0 Å². The van der Waals surface area contributed by atoms with Gasteiger partial charge in [-0.2, -0.15) is 25.8 Å². The molecule has 1 aliphatic rings. The first-order chi connectivity index (χ1) is 10.1. The number of aliphatic carboxylic acids is 1. The molecule has 6 nitrogen and oxygen atoms in total. The highest BCUT2D eigenvalue weighted by Crippen LogP contribution is 2.27. The minimum Gasteiger partial charge on any atom is -0.480 e. The van der Waals surface area contributed by atoms with Crippen molar-refractivity contribution >= 4 is 30.4 Å². The van der Waals surface area contributed by atoms with Crippen LogP contribution in [0, 0.1) is 5.92 Å². The van der Waals surface area contributed by atoms with Crippen LogP contribution in [0.1, 0.15) is 19.8 Å². The van der Waals surface area contributed by atoms with Crippen molar-refractivity contribution in [3.05, 3.63) is 0 Å². The Hall–Kier alpha value is -1.45. The van der Waals surface area contributed by atoms with Crippen molar-refractivity contribution in [1.82, 2.24) is 10.2 Å². The number of hydrogen-bond donors (Lipinski definition) is 3. The molecule has 1 aliphatic heterocycles. The Morgan fingerprint density at radius 2 is 2.00 bits per heavy atom. The summed E-state index contributed by atoms with van der Waals surface area (Å²) in [5.74, 6) is -6.29. The van der Waals surface area contributed by atoms with Crippen LogP contribution >= 0.6 is 12.6 Å². The quantitative estimate of drug-likeness (QED) is 0.641. The van der Waals surface area contributed by atoms with E-state index in [2.05, 4.69) is 12.6 Å². The molecular formula is C12H17F3N2O4S. The van der Waals surface area contributed by atoms with Gasteiger partial charge < -0.3 is 15.3 Å². The van der Waals surface area contributed by atoms with E-state index in [0.29, 0.717) is 6.42 Å². The summed E-state index contributed by atoms with van der Waals surface area (Å²) in [5.41, 5.74) is 0. The molecule has 10 heteroatoms. The van der Waals surface area contributed by atoms with Gasteiger partial charge in [-0.3, -0.25) is 9.59 Å². The second kappa shape index (κ2) is 7.21. The molecule has 2 amide bonds. The molecule has 22 heavy (non-hydrogen) atoms. The fourth-order valence-electron chi connectivity index (χ4n) is 2.25. The van der Waals surface area contributed by atoms with Crippen LogP contribution in [0.2, 0.25) is 0 Å². The van der Waals surface area contributed by atoms with Gasteiger partial charge in [-0.15, -0.1) is 0 Å². The summed E-state index contributed by atoms with van der Waals surface area (Å²) < 4.78 is 37.8. The number of hydrogen-bond acceptors (Lipinski definition) is 4. The van der Waals surface area contributed by atoms with Crippen LogP contribution in [0.4, 0.5) is 13.2 Å². The molecule has 1 rings (SSSR count). The van der Waals surface area contributed by atoms with Gasteiger partial charge in [0.1, 0.15) is 18.0 Å². The summed E-state index contributed by atoms with van der Waals surface area (Å²) in [6, 6.07) is -2.24. The van der Waals surface area contributed by atoms with Gasteiger partial charge in [0.2, 0.25) is 11.8 Å². The highest BCUT2D eigenvalue weighted by molar-refractivity contribution is 7.80. The second-order valence-corrected chi connectivity index (χ2v) is 5.40. The van der Waals surface area contributed by atoms with Gasteiger partial charge in [-0.25, -0.2) is 4.79 Å². The molecule has 1 fully saturated rings. The number of carboxylic acid groups (broad SMARTS) is 1. The predicted molar refractivity (Wildman–Crippen MR) is 73.4 cm³/mol. The molecular weight excluding hydrogens is 325 g/mol. The number of amides is 2. The number of alkyl halides is 3. The molecule has 1 saturated heterocycles. The van der Waals surface area contributed by atoms with E-state index in [-0.39, 0.29) is 13.0 Å². The molecule has 0 spiro atoms. The second-order valence-electron chi connectivity index (χ2n) is 5.03. The van der Waals surface area contributed by atoms with E-state index in [1.807, 2.05) is 5.32 Å². The average molecular weight is 342 g/mol. The van der Waals surface area contributed by atoms with E-state index in [9.17, 15) is 27.6 Å². The van der Waals surface area contributed by atoms with Gasteiger partial charge in [0, 0.05) is 12.3 Å². The van der Waals surface area contributed by atoms with Crippen LogP contribution in [0.5, 0.6) is 0 Å². The first-order valence-electron chi connectivity index (χ1n) is 6.60. The molecule has 126 valence electrons. The zero-order valence-electron chi connectivity index (χ0n) is 11.8. The van der Waals surface area contributed by atoms with Crippen LogP contribution in [0.25, 0.3) is 0 Å². The van der Waals surface area contributed by atoms with Crippen molar-refractivity contribution in [2.75, 3.05) is 12.3 Å². The van der Waals surface area contributed by atoms with Gasteiger partial charge in [0.15, 0.2) is 0 Å².